The summed E-state index contributed by atoms with van der Waals surface area (Å²) in [5.41, 5.74) is 0.0404. The summed E-state index contributed by atoms with van der Waals surface area (Å²) < 4.78 is 5.62. The highest BCUT2D eigenvalue weighted by atomic mass is 16.5. The van der Waals surface area contributed by atoms with Crippen molar-refractivity contribution in [1.29, 1.82) is 0 Å². The zero-order chi connectivity index (χ0) is 9.73. The van der Waals surface area contributed by atoms with Crippen molar-refractivity contribution < 1.29 is 9.84 Å². The first-order chi connectivity index (χ1) is 6.12. The molecule has 1 aliphatic rings. The first-order valence-electron chi connectivity index (χ1n) is 5.15. The average molecular weight is 187 g/mol. The van der Waals surface area contributed by atoms with Gasteiger partial charge in [0.25, 0.3) is 0 Å². The summed E-state index contributed by atoms with van der Waals surface area (Å²) in [7, 11) is 0. The van der Waals surface area contributed by atoms with E-state index in [9.17, 15) is 0 Å². The van der Waals surface area contributed by atoms with E-state index in [2.05, 4.69) is 12.2 Å². The molecule has 0 amide bonds. The van der Waals surface area contributed by atoms with Crippen LogP contribution in [0.4, 0.5) is 0 Å². The van der Waals surface area contributed by atoms with Crippen LogP contribution in [0.2, 0.25) is 0 Å². The van der Waals surface area contributed by atoms with Crippen molar-refractivity contribution >= 4 is 0 Å². The van der Waals surface area contributed by atoms with E-state index in [0.29, 0.717) is 0 Å². The van der Waals surface area contributed by atoms with E-state index in [1.165, 1.54) is 6.42 Å². The lowest BCUT2D eigenvalue weighted by Crippen LogP contribution is -2.38. The van der Waals surface area contributed by atoms with Crippen LogP contribution in [0.5, 0.6) is 0 Å². The van der Waals surface area contributed by atoms with Gasteiger partial charge in [-0.3, -0.25) is 0 Å². The fraction of sp³-hybridized carbons (Fsp3) is 1.00. The minimum Gasteiger partial charge on any atom is -0.393 e. The molecule has 0 bridgehead atoms. The quantitative estimate of drug-likeness (QED) is 0.629. The summed E-state index contributed by atoms with van der Waals surface area (Å²) in [6.07, 6.45) is 2.93. The molecule has 0 aromatic carbocycles. The van der Waals surface area contributed by atoms with E-state index < -0.39 is 0 Å². The molecule has 0 spiro atoms. The standard InChI is InChI=1S/C10H21NO2/c1-9(12)4-6-11-8-10(2)5-3-7-13-10/h9,11-12H,3-8H2,1-2H3. The third kappa shape index (κ3) is 4.07. The summed E-state index contributed by atoms with van der Waals surface area (Å²) in [6, 6.07) is 0. The lowest BCUT2D eigenvalue weighted by Gasteiger charge is -2.23. The van der Waals surface area contributed by atoms with Gasteiger partial charge in [0.2, 0.25) is 0 Å². The van der Waals surface area contributed by atoms with Crippen molar-refractivity contribution in [2.75, 3.05) is 19.7 Å². The summed E-state index contributed by atoms with van der Waals surface area (Å²) in [4.78, 5) is 0. The van der Waals surface area contributed by atoms with Crippen LogP contribution >= 0.6 is 0 Å². The first-order valence-corrected chi connectivity index (χ1v) is 5.15. The molecule has 3 nitrogen and oxygen atoms in total. The van der Waals surface area contributed by atoms with Crippen molar-refractivity contribution in [2.45, 2.75) is 44.8 Å². The minimum atomic E-state index is -0.204. The second kappa shape index (κ2) is 4.94. The number of nitrogens with one attached hydrogen (secondary N) is 1. The molecule has 2 unspecified atom stereocenters. The van der Waals surface area contributed by atoms with Gasteiger partial charge in [-0.2, -0.15) is 0 Å². The first kappa shape index (κ1) is 11.0. The lowest BCUT2D eigenvalue weighted by molar-refractivity contribution is 0.0204. The summed E-state index contributed by atoms with van der Waals surface area (Å²) in [5.74, 6) is 0. The van der Waals surface area contributed by atoms with Crippen LogP contribution < -0.4 is 5.32 Å². The zero-order valence-corrected chi connectivity index (χ0v) is 8.68. The molecule has 1 rings (SSSR count). The Morgan fingerprint density at radius 3 is 2.92 bits per heavy atom. The topological polar surface area (TPSA) is 41.5 Å². The third-order valence-corrected chi connectivity index (χ3v) is 2.54. The fourth-order valence-electron chi connectivity index (χ4n) is 1.64. The molecule has 78 valence electrons. The Bertz CT molecular complexity index is 142. The highest BCUT2D eigenvalue weighted by molar-refractivity contribution is 4.82. The predicted molar refractivity (Wildman–Crippen MR) is 52.8 cm³/mol. The van der Waals surface area contributed by atoms with Crippen LogP contribution in [0.3, 0.4) is 0 Å². The van der Waals surface area contributed by atoms with Gasteiger partial charge in [0.05, 0.1) is 11.7 Å². The summed E-state index contributed by atoms with van der Waals surface area (Å²) in [5, 5.41) is 12.4. The predicted octanol–water partition coefficient (Wildman–Crippen LogP) is 0.916. The summed E-state index contributed by atoms with van der Waals surface area (Å²) >= 11 is 0. The molecule has 0 aromatic heterocycles. The maximum atomic E-state index is 9.04. The van der Waals surface area contributed by atoms with Gasteiger partial charge in [-0.15, -0.1) is 0 Å². The maximum absolute atomic E-state index is 9.04. The number of aliphatic hydroxyl groups excluding tert-OH is 1. The van der Waals surface area contributed by atoms with Gasteiger partial charge in [0.1, 0.15) is 0 Å². The van der Waals surface area contributed by atoms with E-state index in [4.69, 9.17) is 9.84 Å². The van der Waals surface area contributed by atoms with Gasteiger partial charge in [0, 0.05) is 13.2 Å². The van der Waals surface area contributed by atoms with E-state index in [-0.39, 0.29) is 11.7 Å². The number of hydrogen-bond acceptors (Lipinski definition) is 3. The van der Waals surface area contributed by atoms with Gasteiger partial charge in [-0.1, -0.05) is 0 Å². The molecule has 1 aliphatic heterocycles. The minimum absolute atomic E-state index is 0.0404. The molecule has 13 heavy (non-hydrogen) atoms. The van der Waals surface area contributed by atoms with Crippen LogP contribution in [-0.2, 0) is 4.74 Å². The normalized spacial score (nSPS) is 30.7. The fourth-order valence-corrected chi connectivity index (χ4v) is 1.64. The number of ether oxygens (including phenoxy) is 1. The molecule has 2 N–H and O–H groups in total. The van der Waals surface area contributed by atoms with Gasteiger partial charge in [-0.25, -0.2) is 0 Å². The highest BCUT2D eigenvalue weighted by Gasteiger charge is 2.28. The van der Waals surface area contributed by atoms with Crippen molar-refractivity contribution in [3.05, 3.63) is 0 Å². The van der Waals surface area contributed by atoms with E-state index in [0.717, 1.165) is 32.5 Å². The van der Waals surface area contributed by atoms with Crippen molar-refractivity contribution in [2.24, 2.45) is 0 Å². The van der Waals surface area contributed by atoms with Crippen molar-refractivity contribution in [1.82, 2.24) is 5.32 Å². The van der Waals surface area contributed by atoms with E-state index in [1.807, 2.05) is 6.92 Å². The van der Waals surface area contributed by atoms with Crippen LogP contribution in [0.15, 0.2) is 0 Å². The zero-order valence-electron chi connectivity index (χ0n) is 8.68. The number of rotatable bonds is 5. The Balaban J connectivity index is 2.04. The Labute approximate surface area is 80.5 Å². The van der Waals surface area contributed by atoms with Crippen molar-refractivity contribution in [3.63, 3.8) is 0 Å². The van der Waals surface area contributed by atoms with Crippen LogP contribution in [0.1, 0.15) is 33.1 Å². The Kier molecular flexibility index (Phi) is 4.16. The number of hydrogen-bond donors (Lipinski definition) is 2. The monoisotopic (exact) mass is 187 g/mol. The average Bonchev–Trinajstić information content (AvgIpc) is 2.47. The molecule has 1 fully saturated rings. The van der Waals surface area contributed by atoms with Crippen LogP contribution in [0, 0.1) is 0 Å². The molecule has 0 aliphatic carbocycles. The second-order valence-electron chi connectivity index (χ2n) is 4.22. The Morgan fingerprint density at radius 1 is 1.62 bits per heavy atom. The van der Waals surface area contributed by atoms with Crippen LogP contribution in [0.25, 0.3) is 0 Å². The molecular weight excluding hydrogens is 166 g/mol. The highest BCUT2D eigenvalue weighted by Crippen LogP contribution is 2.23. The molecule has 1 heterocycles. The molecule has 0 aromatic rings. The Morgan fingerprint density at radius 2 is 2.38 bits per heavy atom. The van der Waals surface area contributed by atoms with Gasteiger partial charge in [-0.05, 0) is 39.7 Å². The van der Waals surface area contributed by atoms with Crippen LogP contribution in [-0.4, -0.2) is 36.5 Å². The molecular formula is C10H21NO2. The lowest BCUT2D eigenvalue weighted by atomic mass is 10.0. The molecule has 0 radical (unpaired) electrons. The van der Waals surface area contributed by atoms with Gasteiger partial charge in [0.15, 0.2) is 0 Å². The van der Waals surface area contributed by atoms with Gasteiger partial charge >= 0.3 is 0 Å². The van der Waals surface area contributed by atoms with E-state index >= 15 is 0 Å². The molecule has 2 atom stereocenters. The van der Waals surface area contributed by atoms with Gasteiger partial charge < -0.3 is 15.2 Å². The van der Waals surface area contributed by atoms with Crippen molar-refractivity contribution in [3.8, 4) is 0 Å². The molecule has 3 heteroatoms. The maximum Gasteiger partial charge on any atom is 0.0779 e. The van der Waals surface area contributed by atoms with E-state index in [1.54, 1.807) is 0 Å². The Hall–Kier alpha value is -0.120. The molecule has 0 saturated carbocycles. The summed E-state index contributed by atoms with van der Waals surface area (Å²) in [6.45, 7) is 6.63. The second-order valence-corrected chi connectivity index (χ2v) is 4.22. The molecule has 1 saturated heterocycles. The smallest absolute Gasteiger partial charge is 0.0779 e. The largest absolute Gasteiger partial charge is 0.393 e. The number of aliphatic hydroxyl groups is 1. The third-order valence-electron chi connectivity index (χ3n) is 2.54. The SMILES string of the molecule is CC(O)CCNCC1(C)CCCO1.